The summed E-state index contributed by atoms with van der Waals surface area (Å²) in [7, 11) is 0. The zero-order chi connectivity index (χ0) is 17.6. The molecule has 5 heteroatoms. The highest BCUT2D eigenvalue weighted by atomic mass is 19.1. The van der Waals surface area contributed by atoms with Crippen molar-refractivity contribution in [1.82, 2.24) is 9.55 Å². The third kappa shape index (κ3) is 2.39. The maximum Gasteiger partial charge on any atom is 0.202 e. The quantitative estimate of drug-likeness (QED) is 0.571. The Morgan fingerprint density at radius 1 is 1.16 bits per heavy atom. The molecule has 0 saturated carbocycles. The van der Waals surface area contributed by atoms with Crippen molar-refractivity contribution in [2.24, 2.45) is 0 Å². The van der Waals surface area contributed by atoms with Crippen molar-refractivity contribution in [3.63, 3.8) is 0 Å². The number of aromatic hydroxyl groups is 1. The topological polar surface area (TPSA) is 64.1 Å². The van der Waals surface area contributed by atoms with Crippen LogP contribution in [0.1, 0.15) is 13.3 Å². The first-order valence-corrected chi connectivity index (χ1v) is 8.26. The molecule has 0 aliphatic heterocycles. The molecule has 0 bridgehead atoms. The second-order valence-electron chi connectivity index (χ2n) is 6.14. The monoisotopic (exact) mass is 335 g/mol. The standard InChI is InChI=1S/C20H18FN3O/c1-2-10-24-11-16-17(20(24)25)18(22)15-5-3-4-14(19(15)23-16)12-6-8-13(21)9-7-12/h3-9,11,25H,2,10,22H2,1H3. The van der Waals surface area contributed by atoms with Gasteiger partial charge < -0.3 is 15.4 Å². The SMILES string of the molecule is CCCn1cc2nc3c(-c4ccc(F)cc4)cccc3c(N)c2c1O. The van der Waals surface area contributed by atoms with E-state index >= 15 is 0 Å². The molecule has 0 saturated heterocycles. The number of para-hydroxylation sites is 1. The van der Waals surface area contributed by atoms with Gasteiger partial charge in [0.15, 0.2) is 0 Å². The van der Waals surface area contributed by atoms with Gasteiger partial charge in [-0.15, -0.1) is 0 Å². The van der Waals surface area contributed by atoms with Crippen LogP contribution in [0.25, 0.3) is 32.9 Å². The number of pyridine rings is 1. The van der Waals surface area contributed by atoms with Crippen LogP contribution in [0.5, 0.6) is 5.88 Å². The van der Waals surface area contributed by atoms with Crippen molar-refractivity contribution < 1.29 is 9.50 Å². The summed E-state index contributed by atoms with van der Waals surface area (Å²) in [5, 5.41) is 11.8. The second-order valence-corrected chi connectivity index (χ2v) is 6.14. The van der Waals surface area contributed by atoms with Crippen LogP contribution >= 0.6 is 0 Å². The Kier molecular flexibility index (Phi) is 3.57. The maximum absolute atomic E-state index is 13.2. The molecule has 2 aromatic heterocycles. The Bertz CT molecular complexity index is 1080. The Labute approximate surface area is 144 Å². The first-order valence-electron chi connectivity index (χ1n) is 8.26. The minimum Gasteiger partial charge on any atom is -0.494 e. The first kappa shape index (κ1) is 15.4. The predicted molar refractivity (Wildman–Crippen MR) is 99.0 cm³/mol. The van der Waals surface area contributed by atoms with Crippen LogP contribution in [0, 0.1) is 5.82 Å². The number of hydrogen-bond donors (Lipinski definition) is 2. The Morgan fingerprint density at radius 3 is 2.64 bits per heavy atom. The van der Waals surface area contributed by atoms with Crippen molar-refractivity contribution in [1.29, 1.82) is 0 Å². The third-order valence-electron chi connectivity index (χ3n) is 4.48. The number of benzene rings is 2. The van der Waals surface area contributed by atoms with Gasteiger partial charge in [0.1, 0.15) is 5.82 Å². The molecule has 4 rings (SSSR count). The molecule has 3 N–H and O–H groups in total. The van der Waals surface area contributed by atoms with Crippen LogP contribution < -0.4 is 5.73 Å². The normalized spacial score (nSPS) is 11.4. The highest BCUT2D eigenvalue weighted by Crippen LogP contribution is 2.38. The van der Waals surface area contributed by atoms with E-state index in [9.17, 15) is 9.50 Å². The zero-order valence-electron chi connectivity index (χ0n) is 13.8. The first-order chi connectivity index (χ1) is 12.1. The number of rotatable bonds is 3. The summed E-state index contributed by atoms with van der Waals surface area (Å²) >= 11 is 0. The number of aryl methyl sites for hydroxylation is 1. The molecule has 0 aliphatic rings. The Balaban J connectivity index is 2.04. The number of nitrogens with two attached hydrogens (primary N) is 1. The number of fused-ring (bicyclic) bond motifs is 2. The lowest BCUT2D eigenvalue weighted by Crippen LogP contribution is -1.94. The fourth-order valence-corrected chi connectivity index (χ4v) is 3.28. The molecular formula is C20H18FN3O. The van der Waals surface area contributed by atoms with E-state index in [1.165, 1.54) is 12.1 Å². The molecule has 2 aromatic carbocycles. The van der Waals surface area contributed by atoms with E-state index in [-0.39, 0.29) is 11.7 Å². The molecule has 0 fully saturated rings. The fourth-order valence-electron chi connectivity index (χ4n) is 3.28. The van der Waals surface area contributed by atoms with Crippen molar-refractivity contribution >= 4 is 27.5 Å². The molecular weight excluding hydrogens is 317 g/mol. The smallest absolute Gasteiger partial charge is 0.202 e. The molecule has 4 aromatic rings. The summed E-state index contributed by atoms with van der Waals surface area (Å²) < 4.78 is 15.0. The van der Waals surface area contributed by atoms with E-state index in [2.05, 4.69) is 0 Å². The average Bonchev–Trinajstić information content (AvgIpc) is 2.92. The lowest BCUT2D eigenvalue weighted by Gasteiger charge is -2.09. The lowest BCUT2D eigenvalue weighted by atomic mass is 10.0. The summed E-state index contributed by atoms with van der Waals surface area (Å²) in [6.07, 6.45) is 2.72. The largest absolute Gasteiger partial charge is 0.494 e. The van der Waals surface area contributed by atoms with E-state index in [0.29, 0.717) is 23.1 Å². The molecule has 126 valence electrons. The van der Waals surface area contributed by atoms with Crippen LogP contribution in [0.2, 0.25) is 0 Å². The van der Waals surface area contributed by atoms with Gasteiger partial charge in [0.25, 0.3) is 0 Å². The van der Waals surface area contributed by atoms with Gasteiger partial charge in [-0.2, -0.15) is 0 Å². The molecule has 0 spiro atoms. The molecule has 0 amide bonds. The summed E-state index contributed by atoms with van der Waals surface area (Å²) in [6, 6.07) is 12.0. The third-order valence-corrected chi connectivity index (χ3v) is 4.48. The second kappa shape index (κ2) is 5.77. The number of nitrogen functional groups attached to an aromatic ring is 1. The molecule has 4 nitrogen and oxygen atoms in total. The number of nitrogens with zero attached hydrogens (tertiary/aromatic N) is 2. The van der Waals surface area contributed by atoms with Gasteiger partial charge in [0.2, 0.25) is 5.88 Å². The van der Waals surface area contributed by atoms with Crippen LogP contribution in [-0.2, 0) is 6.54 Å². The highest BCUT2D eigenvalue weighted by Gasteiger charge is 2.17. The predicted octanol–water partition coefficient (Wildman–Crippen LogP) is 4.69. The maximum atomic E-state index is 13.2. The van der Waals surface area contributed by atoms with Gasteiger partial charge in [0.05, 0.1) is 22.1 Å². The van der Waals surface area contributed by atoms with Crippen molar-refractivity contribution in [3.05, 3.63) is 54.5 Å². The number of halogens is 1. The van der Waals surface area contributed by atoms with Crippen LogP contribution in [0.15, 0.2) is 48.7 Å². The van der Waals surface area contributed by atoms with Crippen molar-refractivity contribution in [3.8, 4) is 17.0 Å². The average molecular weight is 335 g/mol. The van der Waals surface area contributed by atoms with Crippen LogP contribution in [0.3, 0.4) is 0 Å². The minimum atomic E-state index is -0.277. The zero-order valence-corrected chi connectivity index (χ0v) is 13.8. The van der Waals surface area contributed by atoms with E-state index in [1.54, 1.807) is 16.7 Å². The summed E-state index contributed by atoms with van der Waals surface area (Å²) in [6.45, 7) is 2.74. The lowest BCUT2D eigenvalue weighted by molar-refractivity contribution is 0.421. The van der Waals surface area contributed by atoms with Gasteiger partial charge >= 0.3 is 0 Å². The number of hydrogen-bond acceptors (Lipinski definition) is 3. The number of aromatic nitrogens is 2. The highest BCUT2D eigenvalue weighted by molar-refractivity contribution is 6.12. The fraction of sp³-hybridized carbons (Fsp3) is 0.150. The van der Waals surface area contributed by atoms with E-state index in [0.717, 1.165) is 28.5 Å². The molecule has 0 radical (unpaired) electrons. The van der Waals surface area contributed by atoms with Gasteiger partial charge in [-0.05, 0) is 24.1 Å². The molecule has 0 atom stereocenters. The van der Waals surface area contributed by atoms with Crippen LogP contribution in [0.4, 0.5) is 10.1 Å². The van der Waals surface area contributed by atoms with E-state index in [1.807, 2.05) is 31.3 Å². The van der Waals surface area contributed by atoms with E-state index in [4.69, 9.17) is 10.7 Å². The number of anilines is 1. The van der Waals surface area contributed by atoms with Gasteiger partial charge in [0, 0.05) is 23.7 Å². The molecule has 0 unspecified atom stereocenters. The summed E-state index contributed by atoms with van der Waals surface area (Å²) in [4.78, 5) is 4.75. The molecule has 2 heterocycles. The molecule has 0 aliphatic carbocycles. The van der Waals surface area contributed by atoms with Gasteiger partial charge in [-0.1, -0.05) is 37.3 Å². The van der Waals surface area contributed by atoms with Crippen molar-refractivity contribution in [2.45, 2.75) is 19.9 Å². The molecule has 25 heavy (non-hydrogen) atoms. The minimum absolute atomic E-state index is 0.149. The van der Waals surface area contributed by atoms with Crippen molar-refractivity contribution in [2.75, 3.05) is 5.73 Å². The summed E-state index contributed by atoms with van der Waals surface area (Å²) in [5.41, 5.74) is 10.0. The van der Waals surface area contributed by atoms with Crippen LogP contribution in [-0.4, -0.2) is 14.7 Å². The van der Waals surface area contributed by atoms with Gasteiger partial charge in [-0.3, -0.25) is 0 Å². The van der Waals surface area contributed by atoms with E-state index < -0.39 is 0 Å². The summed E-state index contributed by atoms with van der Waals surface area (Å²) in [5.74, 6) is -0.128. The Morgan fingerprint density at radius 2 is 1.92 bits per heavy atom. The Hall–Kier alpha value is -3.08. The van der Waals surface area contributed by atoms with Gasteiger partial charge in [-0.25, -0.2) is 9.37 Å².